The summed E-state index contributed by atoms with van der Waals surface area (Å²) in [5.41, 5.74) is 0.964. The first-order valence-corrected chi connectivity index (χ1v) is 7.41. The van der Waals surface area contributed by atoms with Crippen LogP contribution in [0.1, 0.15) is 10.4 Å². The highest BCUT2D eigenvalue weighted by molar-refractivity contribution is 6.33. The molecule has 120 valence electrons. The lowest BCUT2D eigenvalue weighted by molar-refractivity contribution is 0.102. The van der Waals surface area contributed by atoms with E-state index < -0.39 is 11.7 Å². The van der Waals surface area contributed by atoms with Gasteiger partial charge in [0.15, 0.2) is 0 Å². The Morgan fingerprint density at radius 3 is 2.25 bits per heavy atom. The Labute approximate surface area is 142 Å². The topological polar surface area (TPSA) is 66.9 Å². The number of benzene rings is 2. The van der Waals surface area contributed by atoms with Gasteiger partial charge >= 0.3 is 0 Å². The molecule has 24 heavy (non-hydrogen) atoms. The smallest absolute Gasteiger partial charge is 0.258 e. The Bertz CT molecular complexity index is 870. The van der Waals surface area contributed by atoms with Gasteiger partial charge in [0.1, 0.15) is 5.82 Å². The summed E-state index contributed by atoms with van der Waals surface area (Å²) in [5, 5.41) is 5.95. The number of nitrogens with zero attached hydrogens (tertiary/aromatic N) is 2. The van der Waals surface area contributed by atoms with Crippen LogP contribution in [0.25, 0.3) is 0 Å². The summed E-state index contributed by atoms with van der Waals surface area (Å²) in [5.74, 6) is -0.710. The second-order valence-corrected chi connectivity index (χ2v) is 5.24. The van der Waals surface area contributed by atoms with Crippen molar-refractivity contribution in [1.82, 2.24) is 9.97 Å². The highest BCUT2D eigenvalue weighted by Crippen LogP contribution is 2.23. The molecular weight excluding hydrogens is 331 g/mol. The predicted molar refractivity (Wildman–Crippen MR) is 91.1 cm³/mol. The lowest BCUT2D eigenvalue weighted by atomic mass is 10.2. The molecule has 1 heterocycles. The van der Waals surface area contributed by atoms with Gasteiger partial charge in [-0.1, -0.05) is 35.9 Å². The van der Waals surface area contributed by atoms with E-state index >= 15 is 0 Å². The molecule has 0 aliphatic rings. The largest absolute Gasteiger partial charge is 0.323 e. The zero-order valence-electron chi connectivity index (χ0n) is 12.3. The third-order valence-corrected chi connectivity index (χ3v) is 3.49. The van der Waals surface area contributed by atoms with E-state index in [-0.39, 0.29) is 11.3 Å². The van der Waals surface area contributed by atoms with Gasteiger partial charge in [-0.2, -0.15) is 0 Å². The maximum atomic E-state index is 13.5. The Kier molecular flexibility index (Phi) is 4.67. The number of amides is 1. The number of aromatic nitrogens is 2. The first-order chi connectivity index (χ1) is 11.6. The molecule has 0 saturated carbocycles. The third-order valence-electron chi connectivity index (χ3n) is 3.16. The average Bonchev–Trinajstić information content (AvgIpc) is 2.59. The van der Waals surface area contributed by atoms with Crippen molar-refractivity contribution in [2.24, 2.45) is 0 Å². The second-order valence-electron chi connectivity index (χ2n) is 4.83. The van der Waals surface area contributed by atoms with Crippen LogP contribution in [0.15, 0.2) is 60.9 Å². The molecule has 0 atom stereocenters. The molecule has 2 aromatic carbocycles. The van der Waals surface area contributed by atoms with Crippen LogP contribution < -0.4 is 10.6 Å². The van der Waals surface area contributed by atoms with Crippen molar-refractivity contribution in [3.05, 3.63) is 77.3 Å². The van der Waals surface area contributed by atoms with Crippen molar-refractivity contribution in [2.75, 3.05) is 10.6 Å². The molecule has 0 radical (unpaired) electrons. The zero-order chi connectivity index (χ0) is 16.9. The van der Waals surface area contributed by atoms with Crippen LogP contribution in [0.3, 0.4) is 0 Å². The zero-order valence-corrected chi connectivity index (χ0v) is 13.1. The van der Waals surface area contributed by atoms with Crippen molar-refractivity contribution in [3.63, 3.8) is 0 Å². The minimum Gasteiger partial charge on any atom is -0.323 e. The molecule has 0 aliphatic heterocycles. The van der Waals surface area contributed by atoms with Gasteiger partial charge in [-0.3, -0.25) is 4.79 Å². The Morgan fingerprint density at radius 1 is 0.958 bits per heavy atom. The second kappa shape index (κ2) is 7.06. The van der Waals surface area contributed by atoms with E-state index in [9.17, 15) is 9.18 Å². The minimum absolute atomic E-state index is 0.0979. The number of rotatable bonds is 4. The summed E-state index contributed by atoms with van der Waals surface area (Å²) in [6.07, 6.45) is 2.70. The summed E-state index contributed by atoms with van der Waals surface area (Å²) in [6.45, 7) is 0. The normalized spacial score (nSPS) is 10.2. The van der Waals surface area contributed by atoms with E-state index in [1.54, 1.807) is 24.3 Å². The van der Waals surface area contributed by atoms with Gasteiger partial charge in [-0.15, -0.1) is 0 Å². The van der Waals surface area contributed by atoms with Crippen molar-refractivity contribution in [1.29, 1.82) is 0 Å². The summed E-state index contributed by atoms with van der Waals surface area (Å²) < 4.78 is 13.5. The van der Waals surface area contributed by atoms with Gasteiger partial charge in [-0.05, 0) is 24.3 Å². The van der Waals surface area contributed by atoms with Gasteiger partial charge in [0, 0.05) is 12.4 Å². The molecular formula is C17H12ClFN4O. The third kappa shape index (κ3) is 3.67. The van der Waals surface area contributed by atoms with Gasteiger partial charge in [0.2, 0.25) is 5.95 Å². The van der Waals surface area contributed by atoms with Crippen LogP contribution in [0, 0.1) is 5.82 Å². The van der Waals surface area contributed by atoms with E-state index in [1.165, 1.54) is 24.5 Å². The summed E-state index contributed by atoms with van der Waals surface area (Å²) in [7, 11) is 0. The summed E-state index contributed by atoms with van der Waals surface area (Å²) >= 11 is 6.04. The molecule has 3 aromatic rings. The molecule has 0 fully saturated rings. The molecule has 5 nitrogen and oxygen atoms in total. The molecule has 3 rings (SSSR count). The van der Waals surface area contributed by atoms with Crippen LogP contribution in [-0.2, 0) is 0 Å². The van der Waals surface area contributed by atoms with Crippen molar-refractivity contribution in [3.8, 4) is 0 Å². The number of carbonyl (C=O) groups is 1. The standard InChI is InChI=1S/C17H12ClFN4O/c18-12-5-1-3-7-14(12)23-17-20-9-11(10-21-17)16(24)22-15-8-4-2-6-13(15)19/h1-10H,(H,22,24)(H,20,21,23). The lowest BCUT2D eigenvalue weighted by Crippen LogP contribution is -2.14. The first-order valence-electron chi connectivity index (χ1n) is 7.03. The molecule has 0 bridgehead atoms. The molecule has 0 aliphatic carbocycles. The number of anilines is 3. The van der Waals surface area contributed by atoms with E-state index in [4.69, 9.17) is 11.6 Å². The Hall–Kier alpha value is -2.99. The first kappa shape index (κ1) is 15.9. The number of nitrogens with one attached hydrogen (secondary N) is 2. The van der Waals surface area contributed by atoms with E-state index in [0.29, 0.717) is 16.7 Å². The molecule has 1 amide bonds. The van der Waals surface area contributed by atoms with Crippen molar-refractivity contribution < 1.29 is 9.18 Å². The fourth-order valence-corrected chi connectivity index (χ4v) is 2.13. The Balaban J connectivity index is 1.71. The molecule has 7 heteroatoms. The van der Waals surface area contributed by atoms with Crippen LogP contribution in [0.2, 0.25) is 5.02 Å². The van der Waals surface area contributed by atoms with Gasteiger partial charge in [0.05, 0.1) is 22.0 Å². The molecule has 2 N–H and O–H groups in total. The SMILES string of the molecule is O=C(Nc1ccccc1F)c1cnc(Nc2ccccc2Cl)nc1. The molecule has 0 unspecified atom stereocenters. The van der Waals surface area contributed by atoms with E-state index in [0.717, 1.165) is 0 Å². The summed E-state index contributed by atoms with van der Waals surface area (Å²) in [4.78, 5) is 20.2. The van der Waals surface area contributed by atoms with Gasteiger partial charge in [0.25, 0.3) is 5.91 Å². The highest BCUT2D eigenvalue weighted by atomic mass is 35.5. The Morgan fingerprint density at radius 2 is 1.58 bits per heavy atom. The highest BCUT2D eigenvalue weighted by Gasteiger charge is 2.10. The van der Waals surface area contributed by atoms with Crippen molar-refractivity contribution in [2.45, 2.75) is 0 Å². The lowest BCUT2D eigenvalue weighted by Gasteiger charge is -2.08. The number of para-hydroxylation sites is 2. The quantitative estimate of drug-likeness (QED) is 0.743. The summed E-state index contributed by atoms with van der Waals surface area (Å²) in [6, 6.07) is 13.1. The van der Waals surface area contributed by atoms with Crippen LogP contribution >= 0.6 is 11.6 Å². The van der Waals surface area contributed by atoms with Crippen molar-refractivity contribution >= 4 is 34.8 Å². The van der Waals surface area contributed by atoms with E-state index in [2.05, 4.69) is 20.6 Å². The van der Waals surface area contributed by atoms with Gasteiger partial charge < -0.3 is 10.6 Å². The fourth-order valence-electron chi connectivity index (χ4n) is 1.95. The predicted octanol–water partition coefficient (Wildman–Crippen LogP) is 4.27. The van der Waals surface area contributed by atoms with E-state index in [1.807, 2.05) is 12.1 Å². The fraction of sp³-hybridized carbons (Fsp3) is 0. The van der Waals surface area contributed by atoms with Crippen LogP contribution in [0.5, 0.6) is 0 Å². The van der Waals surface area contributed by atoms with Crippen LogP contribution in [-0.4, -0.2) is 15.9 Å². The molecule has 0 saturated heterocycles. The van der Waals surface area contributed by atoms with Crippen LogP contribution in [0.4, 0.5) is 21.7 Å². The maximum Gasteiger partial charge on any atom is 0.258 e. The monoisotopic (exact) mass is 342 g/mol. The number of hydrogen-bond donors (Lipinski definition) is 2. The molecule has 1 aromatic heterocycles. The number of halogens is 2. The minimum atomic E-state index is -0.510. The number of hydrogen-bond acceptors (Lipinski definition) is 4. The molecule has 0 spiro atoms. The maximum absolute atomic E-state index is 13.5. The van der Waals surface area contributed by atoms with Gasteiger partial charge in [-0.25, -0.2) is 14.4 Å². The average molecular weight is 343 g/mol. The number of carbonyl (C=O) groups excluding carboxylic acids is 1.